The van der Waals surface area contributed by atoms with Crippen LogP contribution in [0.3, 0.4) is 0 Å². The summed E-state index contributed by atoms with van der Waals surface area (Å²) in [7, 11) is -2.37. The van der Waals surface area contributed by atoms with E-state index in [1.54, 1.807) is 31.3 Å². The van der Waals surface area contributed by atoms with Crippen LogP contribution >= 0.6 is 0 Å². The van der Waals surface area contributed by atoms with E-state index in [9.17, 15) is 31.5 Å². The van der Waals surface area contributed by atoms with Crippen LogP contribution in [0.1, 0.15) is 21.5 Å². The largest absolute Gasteiger partial charge is 0.416 e. The monoisotopic (exact) mass is 478 g/mol. The smallest absolute Gasteiger partial charge is 0.396 e. The van der Waals surface area contributed by atoms with Crippen LogP contribution in [0.5, 0.6) is 0 Å². The lowest BCUT2D eigenvalue weighted by atomic mass is 9.99. The number of rotatable bonds is 7. The lowest BCUT2D eigenvalue weighted by Crippen LogP contribution is -2.32. The second-order valence-corrected chi connectivity index (χ2v) is 9.71. The molecule has 1 heterocycles. The van der Waals surface area contributed by atoms with Crippen molar-refractivity contribution in [3.8, 4) is 0 Å². The molecule has 1 atom stereocenters. The molecule has 1 amide bonds. The summed E-state index contributed by atoms with van der Waals surface area (Å²) in [4.78, 5) is 13.9. The summed E-state index contributed by atoms with van der Waals surface area (Å²) < 4.78 is 66.8. The number of nitrogens with zero attached hydrogens (tertiary/aromatic N) is 1. The summed E-state index contributed by atoms with van der Waals surface area (Å²) in [5.74, 6) is -0.754. The molecule has 33 heavy (non-hydrogen) atoms. The summed E-state index contributed by atoms with van der Waals surface area (Å²) in [6.07, 6.45) is -4.25. The van der Waals surface area contributed by atoms with Crippen molar-refractivity contribution >= 4 is 32.4 Å². The Balaban J connectivity index is 1.54. The van der Waals surface area contributed by atoms with Crippen molar-refractivity contribution in [2.75, 3.05) is 25.1 Å². The van der Waals surface area contributed by atoms with E-state index < -0.39 is 27.7 Å². The minimum Gasteiger partial charge on any atom is -0.396 e. The second-order valence-electron chi connectivity index (χ2n) is 7.97. The lowest BCUT2D eigenvalue weighted by molar-refractivity contribution is -0.137. The number of carbonyl (C=O) groups is 1. The van der Waals surface area contributed by atoms with Crippen LogP contribution in [0.25, 0.3) is 10.8 Å². The van der Waals surface area contributed by atoms with E-state index in [0.29, 0.717) is 27.6 Å². The quantitative estimate of drug-likeness (QED) is 0.544. The second kappa shape index (κ2) is 8.44. The summed E-state index contributed by atoms with van der Waals surface area (Å²) in [5.41, 5.74) is 0.828. The fraction of sp³-hybridized carbons (Fsp3) is 0.261. The third kappa shape index (κ3) is 4.33. The number of benzene rings is 3. The maximum absolute atomic E-state index is 13.1. The molecule has 10 heteroatoms. The van der Waals surface area contributed by atoms with E-state index in [4.69, 9.17) is 0 Å². The minimum atomic E-state index is -4.44. The van der Waals surface area contributed by atoms with Crippen LogP contribution in [-0.2, 0) is 22.6 Å². The minimum absolute atomic E-state index is 0.0115. The first kappa shape index (κ1) is 23.2. The molecule has 0 spiro atoms. The first-order valence-electron chi connectivity index (χ1n) is 10.1. The van der Waals surface area contributed by atoms with E-state index in [2.05, 4.69) is 4.72 Å². The predicted molar refractivity (Wildman–Crippen MR) is 118 cm³/mol. The van der Waals surface area contributed by atoms with Crippen LogP contribution < -0.4 is 9.62 Å². The van der Waals surface area contributed by atoms with Gasteiger partial charge in [0.05, 0.1) is 16.1 Å². The fourth-order valence-electron chi connectivity index (χ4n) is 4.01. The maximum Gasteiger partial charge on any atom is 0.416 e. The van der Waals surface area contributed by atoms with Gasteiger partial charge < -0.3 is 10.0 Å². The van der Waals surface area contributed by atoms with E-state index >= 15 is 0 Å². The molecule has 3 aromatic rings. The Kier molecular flexibility index (Phi) is 5.94. The van der Waals surface area contributed by atoms with Gasteiger partial charge in [-0.2, -0.15) is 13.2 Å². The van der Waals surface area contributed by atoms with E-state index in [0.717, 1.165) is 12.1 Å². The molecular formula is C23H21F3N2O4S. The zero-order chi connectivity index (χ0) is 24.0. The van der Waals surface area contributed by atoms with Gasteiger partial charge in [-0.05, 0) is 48.2 Å². The third-order valence-corrected chi connectivity index (χ3v) is 7.27. The highest BCUT2D eigenvalue weighted by Gasteiger charge is 2.31. The molecule has 0 radical (unpaired) electrons. The molecule has 1 aliphatic rings. The van der Waals surface area contributed by atoms with Gasteiger partial charge in [-0.3, -0.25) is 4.79 Å². The van der Waals surface area contributed by atoms with Gasteiger partial charge in [0, 0.05) is 36.5 Å². The molecule has 0 saturated carbocycles. The fourth-order valence-corrected chi connectivity index (χ4v) is 5.33. The molecule has 6 nitrogen and oxygen atoms in total. The van der Waals surface area contributed by atoms with Crippen molar-refractivity contribution in [3.05, 3.63) is 71.3 Å². The van der Waals surface area contributed by atoms with E-state index in [1.165, 1.54) is 23.1 Å². The molecule has 174 valence electrons. The Bertz CT molecular complexity index is 1320. The van der Waals surface area contributed by atoms with Crippen molar-refractivity contribution < 1.29 is 31.5 Å². The van der Waals surface area contributed by atoms with Gasteiger partial charge in [-0.15, -0.1) is 0 Å². The number of anilines is 1. The number of aliphatic hydroxyl groups is 1. The third-order valence-electron chi connectivity index (χ3n) is 5.79. The predicted octanol–water partition coefficient (Wildman–Crippen LogP) is 3.58. The van der Waals surface area contributed by atoms with Gasteiger partial charge in [0.15, 0.2) is 0 Å². The van der Waals surface area contributed by atoms with Crippen LogP contribution in [0, 0.1) is 5.92 Å². The molecule has 0 fully saturated rings. The Labute approximate surface area is 188 Å². The number of hydrogen-bond donors (Lipinski definition) is 2. The average molecular weight is 478 g/mol. The Morgan fingerprint density at radius 3 is 2.39 bits per heavy atom. The molecular weight excluding hydrogens is 457 g/mol. The standard InChI is InChI=1S/C23H21F3N2O4S/c1-28-19-9-10-20(17-3-2-4-18(21(17)19)22(28)30)33(31,32)27-12-15(13-29)11-14-5-7-16(8-6-14)23(24,25)26/h2-10,15,27,29H,11-13H2,1H3. The molecule has 0 aromatic heterocycles. The van der Waals surface area contributed by atoms with Crippen LogP contribution in [0.2, 0.25) is 0 Å². The number of alkyl halides is 3. The van der Waals surface area contributed by atoms with Gasteiger partial charge in [0.1, 0.15) is 0 Å². The van der Waals surface area contributed by atoms with Crippen LogP contribution in [0.4, 0.5) is 18.9 Å². The maximum atomic E-state index is 13.1. The van der Waals surface area contributed by atoms with Crippen molar-refractivity contribution in [1.82, 2.24) is 4.72 Å². The van der Waals surface area contributed by atoms with Crippen molar-refractivity contribution in [2.24, 2.45) is 5.92 Å². The van der Waals surface area contributed by atoms with Crippen molar-refractivity contribution in [2.45, 2.75) is 17.5 Å². The normalized spacial score (nSPS) is 14.8. The lowest BCUT2D eigenvalue weighted by Gasteiger charge is -2.17. The van der Waals surface area contributed by atoms with Crippen molar-refractivity contribution in [3.63, 3.8) is 0 Å². The van der Waals surface area contributed by atoms with Gasteiger partial charge in [-0.1, -0.05) is 24.3 Å². The number of amides is 1. The highest BCUT2D eigenvalue weighted by atomic mass is 32.2. The first-order chi connectivity index (χ1) is 15.5. The van der Waals surface area contributed by atoms with Crippen molar-refractivity contribution in [1.29, 1.82) is 0 Å². The van der Waals surface area contributed by atoms with Gasteiger partial charge in [0.2, 0.25) is 10.0 Å². The summed E-state index contributed by atoms with van der Waals surface area (Å²) >= 11 is 0. The highest BCUT2D eigenvalue weighted by Crippen LogP contribution is 2.39. The van der Waals surface area contributed by atoms with E-state index in [1.807, 2.05) is 0 Å². The molecule has 4 rings (SSSR count). The Morgan fingerprint density at radius 1 is 1.06 bits per heavy atom. The number of halogens is 3. The number of carbonyl (C=O) groups excluding carboxylic acids is 1. The zero-order valence-corrected chi connectivity index (χ0v) is 18.4. The Hall–Kier alpha value is -2.95. The Morgan fingerprint density at radius 2 is 1.76 bits per heavy atom. The average Bonchev–Trinajstić information content (AvgIpc) is 3.03. The highest BCUT2D eigenvalue weighted by molar-refractivity contribution is 7.89. The zero-order valence-electron chi connectivity index (χ0n) is 17.6. The van der Waals surface area contributed by atoms with Gasteiger partial charge in [-0.25, -0.2) is 13.1 Å². The number of aliphatic hydroxyl groups excluding tert-OH is 1. The van der Waals surface area contributed by atoms with Gasteiger partial charge >= 0.3 is 6.18 Å². The topological polar surface area (TPSA) is 86.7 Å². The molecule has 0 aliphatic carbocycles. The number of hydrogen-bond acceptors (Lipinski definition) is 4. The summed E-state index contributed by atoms with van der Waals surface area (Å²) in [6.45, 7) is -0.464. The van der Waals surface area contributed by atoms with Crippen LogP contribution in [-0.4, -0.2) is 39.6 Å². The molecule has 3 aromatic carbocycles. The SMILES string of the molecule is CN1C(=O)c2cccc3c(S(=O)(=O)NCC(CO)Cc4ccc(C(F)(F)F)cc4)ccc1c23. The summed E-state index contributed by atoms with van der Waals surface area (Å²) in [5, 5.41) is 10.7. The van der Waals surface area contributed by atoms with Crippen LogP contribution in [0.15, 0.2) is 59.5 Å². The molecule has 1 aliphatic heterocycles. The summed E-state index contributed by atoms with van der Waals surface area (Å²) in [6, 6.07) is 12.5. The van der Waals surface area contributed by atoms with Gasteiger partial charge in [0.25, 0.3) is 5.91 Å². The molecule has 2 N–H and O–H groups in total. The number of nitrogens with one attached hydrogen (secondary N) is 1. The molecule has 1 unspecified atom stereocenters. The first-order valence-corrected chi connectivity index (χ1v) is 11.6. The van der Waals surface area contributed by atoms with E-state index in [-0.39, 0.29) is 30.4 Å². The molecule has 0 saturated heterocycles. The molecule has 0 bridgehead atoms. The number of sulfonamides is 1.